The van der Waals surface area contributed by atoms with Crippen molar-refractivity contribution in [1.82, 2.24) is 19.7 Å². The van der Waals surface area contributed by atoms with E-state index in [1.54, 1.807) is 19.2 Å². The third kappa shape index (κ3) is 3.44. The summed E-state index contributed by atoms with van der Waals surface area (Å²) >= 11 is 0. The summed E-state index contributed by atoms with van der Waals surface area (Å²) in [6, 6.07) is 9.22. The van der Waals surface area contributed by atoms with Crippen LogP contribution >= 0.6 is 0 Å². The lowest BCUT2D eigenvalue weighted by molar-refractivity contribution is -0.138. The fourth-order valence-electron chi connectivity index (χ4n) is 5.31. The van der Waals surface area contributed by atoms with Crippen molar-refractivity contribution < 1.29 is 9.53 Å². The Kier molecular flexibility index (Phi) is 4.92. The molecule has 0 saturated carbocycles. The van der Waals surface area contributed by atoms with E-state index in [-0.39, 0.29) is 23.3 Å². The first-order valence-corrected chi connectivity index (χ1v) is 10.7. The molecule has 0 aliphatic carbocycles. The minimum absolute atomic E-state index is 0.0283. The molecule has 0 unspecified atom stereocenters. The summed E-state index contributed by atoms with van der Waals surface area (Å²) in [4.78, 5) is 29.8. The number of nitrogens with zero attached hydrogens (tertiary/aromatic N) is 5. The molecule has 5 heterocycles. The normalized spacial score (nSPS) is 25.6. The maximum atomic E-state index is 13.4. The maximum absolute atomic E-state index is 13.4. The number of amides is 1. The van der Waals surface area contributed by atoms with Crippen molar-refractivity contribution in [3.8, 4) is 5.88 Å². The number of rotatable bonds is 3. The third-order valence-corrected chi connectivity index (χ3v) is 6.72. The molecular weight excluding hydrogens is 382 g/mol. The Hall–Kier alpha value is -2.90. The van der Waals surface area contributed by atoms with Crippen molar-refractivity contribution in [3.63, 3.8) is 0 Å². The molecule has 2 bridgehead atoms. The van der Waals surface area contributed by atoms with E-state index in [0.717, 1.165) is 43.9 Å². The van der Waals surface area contributed by atoms with Gasteiger partial charge < -0.3 is 19.1 Å². The zero-order chi connectivity index (χ0) is 20.7. The van der Waals surface area contributed by atoms with E-state index in [1.165, 1.54) is 0 Å². The van der Waals surface area contributed by atoms with Crippen LogP contribution < -0.4 is 15.2 Å². The lowest BCUT2D eigenvalue weighted by atomic mass is 9.82. The molecule has 3 aliphatic heterocycles. The molecule has 2 aromatic heterocycles. The second kappa shape index (κ2) is 7.74. The number of anilines is 1. The molecule has 0 radical (unpaired) electrons. The van der Waals surface area contributed by atoms with Gasteiger partial charge in [0.25, 0.3) is 5.56 Å². The summed E-state index contributed by atoms with van der Waals surface area (Å²) in [6.07, 6.45) is 2.93. The fourth-order valence-corrected chi connectivity index (χ4v) is 5.31. The number of methoxy groups -OCH3 is 1. The number of hydrogen-bond acceptors (Lipinski definition) is 6. The molecule has 2 aromatic rings. The standard InChI is InChI=1S/C22H27N5O3/c1-30-20-8-7-19(23-24-20)25-9-3-4-16(13-25)22(29)26-11-15-10-17(14-26)18-5-2-6-21(28)27(18)12-15/h2,5-8,15-17H,3-4,9-14H2,1H3/t15-,16-,17+/m0/s1. The zero-order valence-corrected chi connectivity index (χ0v) is 17.2. The van der Waals surface area contributed by atoms with Gasteiger partial charge in [0.15, 0.2) is 5.82 Å². The number of hydrogen-bond donors (Lipinski definition) is 0. The van der Waals surface area contributed by atoms with Gasteiger partial charge in [0, 0.05) is 56.5 Å². The average molecular weight is 409 g/mol. The highest BCUT2D eigenvalue weighted by molar-refractivity contribution is 5.80. The van der Waals surface area contributed by atoms with Crippen LogP contribution in [0, 0.1) is 11.8 Å². The van der Waals surface area contributed by atoms with Crippen LogP contribution in [-0.4, -0.2) is 58.9 Å². The molecule has 158 valence electrons. The van der Waals surface area contributed by atoms with Gasteiger partial charge in [0.2, 0.25) is 11.8 Å². The number of aromatic nitrogens is 3. The largest absolute Gasteiger partial charge is 0.480 e. The smallest absolute Gasteiger partial charge is 0.250 e. The van der Waals surface area contributed by atoms with Gasteiger partial charge in [0.05, 0.1) is 13.0 Å². The molecule has 3 atom stereocenters. The molecule has 0 aromatic carbocycles. The summed E-state index contributed by atoms with van der Waals surface area (Å²) in [5.74, 6) is 2.09. The highest BCUT2D eigenvalue weighted by atomic mass is 16.5. The van der Waals surface area contributed by atoms with Crippen LogP contribution in [0.5, 0.6) is 5.88 Å². The number of pyridine rings is 1. The predicted molar refractivity (Wildman–Crippen MR) is 112 cm³/mol. The number of ether oxygens (including phenoxy) is 1. The minimum atomic E-state index is -0.0283. The Labute approximate surface area is 175 Å². The van der Waals surface area contributed by atoms with Crippen LogP contribution in [0.1, 0.15) is 30.9 Å². The summed E-state index contributed by atoms with van der Waals surface area (Å²) < 4.78 is 7.00. The molecule has 2 fully saturated rings. The third-order valence-electron chi connectivity index (χ3n) is 6.72. The Bertz CT molecular complexity index is 989. The first-order chi connectivity index (χ1) is 14.6. The number of piperidine rings is 2. The van der Waals surface area contributed by atoms with Crippen LogP contribution in [0.25, 0.3) is 0 Å². The molecule has 8 nitrogen and oxygen atoms in total. The van der Waals surface area contributed by atoms with Crippen LogP contribution in [0.2, 0.25) is 0 Å². The van der Waals surface area contributed by atoms with E-state index >= 15 is 0 Å². The first-order valence-electron chi connectivity index (χ1n) is 10.7. The van der Waals surface area contributed by atoms with Crippen LogP contribution in [0.15, 0.2) is 35.1 Å². The minimum Gasteiger partial charge on any atom is -0.480 e. The number of fused-ring (bicyclic) bond motifs is 4. The van der Waals surface area contributed by atoms with Gasteiger partial charge in [-0.15, -0.1) is 10.2 Å². The number of likely N-dealkylation sites (tertiary alicyclic amines) is 1. The molecule has 0 spiro atoms. The van der Waals surface area contributed by atoms with E-state index < -0.39 is 0 Å². The molecule has 0 N–H and O–H groups in total. The Balaban J connectivity index is 1.29. The Morgan fingerprint density at radius 3 is 2.80 bits per heavy atom. The lowest BCUT2D eigenvalue weighted by Crippen LogP contribution is -2.52. The lowest BCUT2D eigenvalue weighted by Gasteiger charge is -2.44. The van der Waals surface area contributed by atoms with Crippen molar-refractivity contribution in [2.45, 2.75) is 31.7 Å². The van der Waals surface area contributed by atoms with Crippen molar-refractivity contribution in [2.24, 2.45) is 11.8 Å². The van der Waals surface area contributed by atoms with Crippen molar-refractivity contribution in [2.75, 3.05) is 38.2 Å². The van der Waals surface area contributed by atoms with Gasteiger partial charge in [-0.25, -0.2) is 0 Å². The van der Waals surface area contributed by atoms with Gasteiger partial charge >= 0.3 is 0 Å². The van der Waals surface area contributed by atoms with Gasteiger partial charge in [-0.05, 0) is 37.3 Å². The van der Waals surface area contributed by atoms with E-state index in [4.69, 9.17) is 4.74 Å². The van der Waals surface area contributed by atoms with E-state index in [0.29, 0.717) is 31.4 Å². The van der Waals surface area contributed by atoms with Gasteiger partial charge in [-0.3, -0.25) is 9.59 Å². The zero-order valence-electron chi connectivity index (χ0n) is 17.2. The number of carbonyl (C=O) groups is 1. The van der Waals surface area contributed by atoms with Crippen molar-refractivity contribution in [1.29, 1.82) is 0 Å². The monoisotopic (exact) mass is 409 g/mol. The van der Waals surface area contributed by atoms with Crippen molar-refractivity contribution in [3.05, 3.63) is 46.4 Å². The summed E-state index contributed by atoms with van der Waals surface area (Å²) in [7, 11) is 1.57. The summed E-state index contributed by atoms with van der Waals surface area (Å²) in [6.45, 7) is 3.72. The van der Waals surface area contributed by atoms with Crippen molar-refractivity contribution >= 4 is 11.7 Å². The second-order valence-electron chi connectivity index (χ2n) is 8.66. The number of carbonyl (C=O) groups excluding carboxylic acids is 1. The SMILES string of the molecule is COc1ccc(N2CCC[C@H](C(=O)N3C[C@@H]4C[C@H](C3)c3cccc(=O)n3C4)C2)nn1. The topological polar surface area (TPSA) is 80.6 Å². The fraction of sp³-hybridized carbons (Fsp3) is 0.545. The van der Waals surface area contributed by atoms with Gasteiger partial charge in [0.1, 0.15) is 0 Å². The van der Waals surface area contributed by atoms with Crippen LogP contribution in [0.4, 0.5) is 5.82 Å². The molecular formula is C22H27N5O3. The quantitative estimate of drug-likeness (QED) is 0.765. The van der Waals surface area contributed by atoms with Gasteiger partial charge in [-0.2, -0.15) is 0 Å². The molecule has 5 rings (SSSR count). The van der Waals surface area contributed by atoms with E-state index in [1.807, 2.05) is 27.7 Å². The first kappa shape index (κ1) is 19.1. The molecule has 2 saturated heterocycles. The highest BCUT2D eigenvalue weighted by Crippen LogP contribution is 2.36. The summed E-state index contributed by atoms with van der Waals surface area (Å²) in [5, 5.41) is 8.31. The van der Waals surface area contributed by atoms with E-state index in [9.17, 15) is 9.59 Å². The average Bonchev–Trinajstić information content (AvgIpc) is 2.79. The van der Waals surface area contributed by atoms with Crippen LogP contribution in [-0.2, 0) is 11.3 Å². The van der Waals surface area contributed by atoms with Crippen LogP contribution in [0.3, 0.4) is 0 Å². The molecule has 1 amide bonds. The highest BCUT2D eigenvalue weighted by Gasteiger charge is 2.39. The van der Waals surface area contributed by atoms with E-state index in [2.05, 4.69) is 15.1 Å². The Morgan fingerprint density at radius 1 is 1.10 bits per heavy atom. The molecule has 8 heteroatoms. The second-order valence-corrected chi connectivity index (χ2v) is 8.66. The molecule has 3 aliphatic rings. The van der Waals surface area contributed by atoms with Gasteiger partial charge in [-0.1, -0.05) is 6.07 Å². The molecule has 30 heavy (non-hydrogen) atoms. The Morgan fingerprint density at radius 2 is 2.00 bits per heavy atom. The predicted octanol–water partition coefficient (Wildman–Crippen LogP) is 1.51. The summed E-state index contributed by atoms with van der Waals surface area (Å²) in [5.41, 5.74) is 1.15. The maximum Gasteiger partial charge on any atom is 0.250 e.